The molecule has 0 radical (unpaired) electrons. The van der Waals surface area contributed by atoms with E-state index < -0.39 is 0 Å². The third kappa shape index (κ3) is 1.22. The van der Waals surface area contributed by atoms with Crippen LogP contribution in [0.2, 0.25) is 0 Å². The van der Waals surface area contributed by atoms with E-state index in [0.29, 0.717) is 6.41 Å². The molecule has 1 rings (SSSR count). The fourth-order valence-electron chi connectivity index (χ4n) is 0.582. The van der Waals surface area contributed by atoms with Crippen LogP contribution in [-0.4, -0.2) is 16.3 Å². The van der Waals surface area contributed by atoms with Crippen LogP contribution in [0.1, 0.15) is 0 Å². The fraction of sp³-hybridized carbons (Fsp3) is 0. The first-order valence-electron chi connectivity index (χ1n) is 2.69. The Morgan fingerprint density at radius 1 is 1.60 bits per heavy atom. The van der Waals surface area contributed by atoms with Gasteiger partial charge in [0.25, 0.3) is 0 Å². The van der Waals surface area contributed by atoms with Crippen molar-refractivity contribution in [2.24, 2.45) is 4.99 Å². The van der Waals surface area contributed by atoms with E-state index in [1.54, 1.807) is 12.1 Å². The molecule has 10 heavy (non-hydrogen) atoms. The van der Waals surface area contributed by atoms with Crippen LogP contribution in [0.15, 0.2) is 29.4 Å². The summed E-state index contributed by atoms with van der Waals surface area (Å²) in [5, 5.41) is 8.91. The maximum atomic E-state index is 9.84. The van der Waals surface area contributed by atoms with E-state index in [4.69, 9.17) is 5.21 Å². The van der Waals surface area contributed by atoms with E-state index in [0.717, 1.165) is 4.73 Å². The molecule has 1 amide bonds. The molecular formula is C6H6N2O2. The summed E-state index contributed by atoms with van der Waals surface area (Å²) in [6, 6.07) is 4.83. The van der Waals surface area contributed by atoms with Crippen molar-refractivity contribution in [1.29, 1.82) is 0 Å². The molecule has 0 atom stereocenters. The van der Waals surface area contributed by atoms with Gasteiger partial charge in [0.2, 0.25) is 6.41 Å². The van der Waals surface area contributed by atoms with Crippen molar-refractivity contribution in [3.63, 3.8) is 0 Å². The highest BCUT2D eigenvalue weighted by Crippen LogP contribution is 1.74. The smallest absolute Gasteiger partial charge is 0.234 e. The van der Waals surface area contributed by atoms with Gasteiger partial charge in [-0.3, -0.25) is 4.79 Å². The maximum Gasteiger partial charge on any atom is 0.234 e. The van der Waals surface area contributed by atoms with Crippen LogP contribution in [0.5, 0.6) is 0 Å². The van der Waals surface area contributed by atoms with Crippen LogP contribution >= 0.6 is 0 Å². The Balaban J connectivity index is 3.28. The Kier molecular flexibility index (Phi) is 1.84. The molecule has 0 spiro atoms. The first-order chi connectivity index (χ1) is 4.84. The van der Waals surface area contributed by atoms with Gasteiger partial charge in [-0.25, -0.2) is 0 Å². The minimum absolute atomic E-state index is 0.220. The molecule has 1 N–H and O–H groups in total. The Bertz CT molecular complexity index is 290. The predicted molar refractivity (Wildman–Crippen MR) is 33.2 cm³/mol. The summed E-state index contributed by atoms with van der Waals surface area (Å²) < 4.78 is 0.772. The first-order valence-corrected chi connectivity index (χ1v) is 2.69. The molecule has 4 nitrogen and oxygen atoms in total. The molecule has 0 saturated carbocycles. The van der Waals surface area contributed by atoms with E-state index in [2.05, 4.69) is 4.99 Å². The van der Waals surface area contributed by atoms with E-state index >= 15 is 0 Å². The van der Waals surface area contributed by atoms with Gasteiger partial charge in [0, 0.05) is 6.20 Å². The molecule has 0 fully saturated rings. The van der Waals surface area contributed by atoms with Crippen molar-refractivity contribution in [3.05, 3.63) is 29.9 Å². The second kappa shape index (κ2) is 2.82. The molecule has 0 saturated heterocycles. The molecule has 0 aliphatic heterocycles. The number of hydrogen-bond acceptors (Lipinski definition) is 2. The Labute approximate surface area is 57.0 Å². The number of carbonyl (C=O) groups excluding carboxylic acids is 1. The minimum atomic E-state index is 0.220. The van der Waals surface area contributed by atoms with Gasteiger partial charge in [0.1, 0.15) is 0 Å². The van der Waals surface area contributed by atoms with Crippen LogP contribution in [0, 0.1) is 0 Å². The van der Waals surface area contributed by atoms with Gasteiger partial charge in [0.15, 0.2) is 5.49 Å². The largest absolute Gasteiger partial charge is 0.427 e. The fourth-order valence-corrected chi connectivity index (χ4v) is 0.582. The zero-order valence-electron chi connectivity index (χ0n) is 5.14. The molecule has 1 aromatic heterocycles. The van der Waals surface area contributed by atoms with Crippen LogP contribution < -0.4 is 5.49 Å². The van der Waals surface area contributed by atoms with E-state index in [1.807, 2.05) is 0 Å². The van der Waals surface area contributed by atoms with Gasteiger partial charge in [0.05, 0.1) is 0 Å². The molecular weight excluding hydrogens is 132 g/mol. The van der Waals surface area contributed by atoms with Gasteiger partial charge in [-0.1, -0.05) is 6.07 Å². The second-order valence-corrected chi connectivity index (χ2v) is 1.64. The number of amides is 1. The van der Waals surface area contributed by atoms with Crippen LogP contribution in [0.3, 0.4) is 0 Å². The SMILES string of the molecule is O=CN=c1ccccn1O. The van der Waals surface area contributed by atoms with Gasteiger partial charge in [-0.2, -0.15) is 9.72 Å². The van der Waals surface area contributed by atoms with E-state index in [1.165, 1.54) is 12.3 Å². The van der Waals surface area contributed by atoms with Gasteiger partial charge < -0.3 is 5.21 Å². The van der Waals surface area contributed by atoms with Gasteiger partial charge in [-0.05, 0) is 12.1 Å². The van der Waals surface area contributed by atoms with Crippen molar-refractivity contribution < 1.29 is 10.0 Å². The van der Waals surface area contributed by atoms with Gasteiger partial charge >= 0.3 is 0 Å². The Hall–Kier alpha value is -1.58. The third-order valence-corrected chi connectivity index (χ3v) is 1.00. The summed E-state index contributed by atoms with van der Waals surface area (Å²) in [5.74, 6) is 0. The summed E-state index contributed by atoms with van der Waals surface area (Å²) in [6.07, 6.45) is 1.77. The van der Waals surface area contributed by atoms with Crippen LogP contribution in [-0.2, 0) is 4.79 Å². The third-order valence-electron chi connectivity index (χ3n) is 1.00. The van der Waals surface area contributed by atoms with Crippen molar-refractivity contribution in [2.45, 2.75) is 0 Å². The molecule has 0 unspecified atom stereocenters. The number of aromatic nitrogens is 1. The number of rotatable bonds is 1. The zero-order chi connectivity index (χ0) is 7.40. The van der Waals surface area contributed by atoms with Crippen molar-refractivity contribution in [1.82, 2.24) is 4.73 Å². The first kappa shape index (κ1) is 6.54. The number of nitrogens with zero attached hydrogens (tertiary/aromatic N) is 2. The lowest BCUT2D eigenvalue weighted by Gasteiger charge is -1.92. The average Bonchev–Trinajstić information content (AvgIpc) is 1.94. The summed E-state index contributed by atoms with van der Waals surface area (Å²) in [5.41, 5.74) is 0.220. The van der Waals surface area contributed by atoms with Crippen LogP contribution in [0.4, 0.5) is 0 Å². The standard InChI is InChI=1S/C6H6N2O2/c9-5-7-6-3-1-2-4-8(6)10/h1-5,10H. The highest BCUT2D eigenvalue weighted by molar-refractivity contribution is 5.46. The lowest BCUT2D eigenvalue weighted by atomic mass is 10.5. The predicted octanol–water partition coefficient (Wildman–Crippen LogP) is -0.217. The summed E-state index contributed by atoms with van der Waals surface area (Å²) >= 11 is 0. The minimum Gasteiger partial charge on any atom is -0.427 e. The Morgan fingerprint density at radius 2 is 2.40 bits per heavy atom. The average molecular weight is 138 g/mol. The molecule has 0 aromatic carbocycles. The summed E-state index contributed by atoms with van der Waals surface area (Å²) in [7, 11) is 0. The van der Waals surface area contributed by atoms with E-state index in [9.17, 15) is 4.79 Å². The highest BCUT2D eigenvalue weighted by Gasteiger charge is 1.82. The highest BCUT2D eigenvalue weighted by atomic mass is 16.5. The topological polar surface area (TPSA) is 54.6 Å². The van der Waals surface area contributed by atoms with Crippen molar-refractivity contribution >= 4 is 6.41 Å². The van der Waals surface area contributed by atoms with E-state index in [-0.39, 0.29) is 5.49 Å². The van der Waals surface area contributed by atoms with Crippen LogP contribution in [0.25, 0.3) is 0 Å². The molecule has 1 aromatic rings. The number of pyridine rings is 1. The quantitative estimate of drug-likeness (QED) is 0.431. The molecule has 0 aliphatic rings. The second-order valence-electron chi connectivity index (χ2n) is 1.64. The molecule has 0 bridgehead atoms. The van der Waals surface area contributed by atoms with Crippen molar-refractivity contribution in [3.8, 4) is 0 Å². The lowest BCUT2D eigenvalue weighted by Crippen LogP contribution is -2.16. The number of carbonyl (C=O) groups is 1. The molecule has 4 heteroatoms. The summed E-state index contributed by atoms with van der Waals surface area (Å²) in [4.78, 5) is 13.2. The number of hydrogen-bond donors (Lipinski definition) is 1. The summed E-state index contributed by atoms with van der Waals surface area (Å²) in [6.45, 7) is 0. The molecule has 1 heterocycles. The molecule has 0 aliphatic carbocycles. The molecule has 52 valence electrons. The zero-order valence-corrected chi connectivity index (χ0v) is 5.14. The maximum absolute atomic E-state index is 9.84. The van der Waals surface area contributed by atoms with Crippen molar-refractivity contribution in [2.75, 3.05) is 0 Å². The monoisotopic (exact) mass is 138 g/mol. The lowest BCUT2D eigenvalue weighted by molar-refractivity contribution is -0.107. The van der Waals surface area contributed by atoms with Gasteiger partial charge in [-0.15, -0.1) is 0 Å². The Morgan fingerprint density at radius 3 is 3.00 bits per heavy atom. The normalized spacial score (nSPS) is 11.4.